The van der Waals surface area contributed by atoms with Gasteiger partial charge in [0, 0.05) is 10.6 Å². The zero-order valence-electron chi connectivity index (χ0n) is 17.1. The van der Waals surface area contributed by atoms with E-state index in [1.54, 1.807) is 42.5 Å². The number of methoxy groups -OCH3 is 1. The first-order valence-corrected chi connectivity index (χ1v) is 9.87. The van der Waals surface area contributed by atoms with Gasteiger partial charge in [-0.2, -0.15) is 5.10 Å². The number of carbonyl (C=O) groups excluding carboxylic acids is 1. The van der Waals surface area contributed by atoms with Crippen molar-refractivity contribution in [1.82, 2.24) is 14.6 Å². The summed E-state index contributed by atoms with van der Waals surface area (Å²) < 4.78 is 33.5. The number of nitrogens with zero attached hydrogens (tertiary/aromatic N) is 4. The van der Waals surface area contributed by atoms with E-state index < -0.39 is 18.1 Å². The fraction of sp³-hybridized carbons (Fsp3) is 0.0909. The monoisotopic (exact) mass is 471 g/mol. The number of oxime groups is 1. The Hall–Kier alpha value is -4.05. The second-order valence-electron chi connectivity index (χ2n) is 6.73. The summed E-state index contributed by atoms with van der Waals surface area (Å²) in [5.74, 6) is -0.791. The van der Waals surface area contributed by atoms with Crippen molar-refractivity contribution in [2.24, 2.45) is 10.9 Å². The number of ether oxygens (including phenoxy) is 1. The number of hydrogen-bond donors (Lipinski definition) is 1. The molecule has 8 nitrogen and oxygen atoms in total. The van der Waals surface area contributed by atoms with Crippen LogP contribution >= 0.6 is 11.6 Å². The van der Waals surface area contributed by atoms with E-state index in [1.807, 2.05) is 0 Å². The molecule has 0 aliphatic rings. The second-order valence-corrected chi connectivity index (χ2v) is 7.16. The number of hydrogen-bond acceptors (Lipinski definition) is 6. The van der Waals surface area contributed by atoms with Gasteiger partial charge in [-0.3, -0.25) is 0 Å². The molecule has 0 atom stereocenters. The van der Waals surface area contributed by atoms with Crippen LogP contribution in [0.1, 0.15) is 28.0 Å². The average Bonchev–Trinajstić information content (AvgIpc) is 3.26. The van der Waals surface area contributed by atoms with Crippen molar-refractivity contribution >= 4 is 29.1 Å². The maximum Gasteiger partial charge on any atom is 0.371 e. The molecule has 4 aromatic rings. The molecule has 0 radical (unpaired) electrons. The lowest BCUT2D eigenvalue weighted by molar-refractivity contribution is 0.0518. The lowest BCUT2D eigenvalue weighted by Gasteiger charge is -2.08. The van der Waals surface area contributed by atoms with Gasteiger partial charge in [0.05, 0.1) is 24.6 Å². The lowest BCUT2D eigenvalue weighted by Crippen LogP contribution is -2.16. The lowest BCUT2D eigenvalue weighted by atomic mass is 10.1. The van der Waals surface area contributed by atoms with Crippen molar-refractivity contribution < 1.29 is 23.1 Å². The fourth-order valence-electron chi connectivity index (χ4n) is 3.11. The third-order valence-corrected chi connectivity index (χ3v) is 4.91. The van der Waals surface area contributed by atoms with Gasteiger partial charge in [0.15, 0.2) is 11.5 Å². The molecule has 0 saturated carbocycles. The van der Waals surface area contributed by atoms with Gasteiger partial charge in [0.2, 0.25) is 0 Å². The van der Waals surface area contributed by atoms with Crippen molar-refractivity contribution in [1.29, 1.82) is 0 Å². The highest BCUT2D eigenvalue weighted by molar-refractivity contribution is 6.31. The molecule has 168 valence electrons. The highest BCUT2D eigenvalue weighted by Gasteiger charge is 2.23. The van der Waals surface area contributed by atoms with Gasteiger partial charge < -0.3 is 15.3 Å². The van der Waals surface area contributed by atoms with Gasteiger partial charge in [0.25, 0.3) is 6.43 Å². The minimum atomic E-state index is -2.86. The molecule has 0 amide bonds. The first-order valence-electron chi connectivity index (χ1n) is 9.50. The number of rotatable bonds is 6. The minimum absolute atomic E-state index is 0.106. The predicted molar refractivity (Wildman–Crippen MR) is 118 cm³/mol. The molecule has 0 aliphatic heterocycles. The van der Waals surface area contributed by atoms with Crippen LogP contribution in [-0.2, 0) is 4.84 Å². The van der Waals surface area contributed by atoms with Crippen LogP contribution in [0.5, 0.6) is 5.75 Å². The summed E-state index contributed by atoms with van der Waals surface area (Å²) in [6, 6.07) is 14.6. The van der Waals surface area contributed by atoms with Crippen LogP contribution in [0, 0.1) is 0 Å². The van der Waals surface area contributed by atoms with Crippen molar-refractivity contribution in [2.75, 3.05) is 7.11 Å². The Morgan fingerprint density at radius 1 is 1.15 bits per heavy atom. The van der Waals surface area contributed by atoms with E-state index >= 15 is 0 Å². The molecule has 0 aliphatic carbocycles. The topological polar surface area (TPSA) is 104 Å². The smallest absolute Gasteiger partial charge is 0.371 e. The van der Waals surface area contributed by atoms with Crippen LogP contribution in [0.4, 0.5) is 8.78 Å². The molecule has 0 unspecified atom stereocenters. The van der Waals surface area contributed by atoms with Gasteiger partial charge in [-0.1, -0.05) is 47.1 Å². The van der Waals surface area contributed by atoms with Crippen molar-refractivity contribution in [3.05, 3.63) is 82.6 Å². The highest BCUT2D eigenvalue weighted by Crippen LogP contribution is 2.27. The molecule has 0 saturated heterocycles. The predicted octanol–water partition coefficient (Wildman–Crippen LogP) is 4.47. The molecule has 2 aromatic carbocycles. The summed E-state index contributed by atoms with van der Waals surface area (Å²) >= 11 is 5.98. The van der Waals surface area contributed by atoms with Crippen LogP contribution < -0.4 is 10.5 Å². The fourth-order valence-corrected chi connectivity index (χ4v) is 3.28. The van der Waals surface area contributed by atoms with E-state index in [0.29, 0.717) is 21.9 Å². The Labute approximate surface area is 191 Å². The summed E-state index contributed by atoms with van der Waals surface area (Å²) in [5, 5.41) is 7.88. The molecule has 2 heterocycles. The first-order chi connectivity index (χ1) is 15.9. The molecule has 0 spiro atoms. The molecule has 11 heteroatoms. The molecule has 2 aromatic heterocycles. The summed E-state index contributed by atoms with van der Waals surface area (Å²) in [4.78, 5) is 22.0. The molecular weight excluding hydrogens is 456 g/mol. The highest BCUT2D eigenvalue weighted by atomic mass is 35.5. The second kappa shape index (κ2) is 9.21. The molecule has 33 heavy (non-hydrogen) atoms. The van der Waals surface area contributed by atoms with E-state index in [-0.39, 0.29) is 22.7 Å². The summed E-state index contributed by atoms with van der Waals surface area (Å²) in [6.45, 7) is 0. The van der Waals surface area contributed by atoms with Gasteiger partial charge in [-0.25, -0.2) is 23.1 Å². The number of halogens is 3. The summed E-state index contributed by atoms with van der Waals surface area (Å²) in [5.41, 5.74) is 6.37. The summed E-state index contributed by atoms with van der Waals surface area (Å²) in [7, 11) is 1.43. The van der Waals surface area contributed by atoms with E-state index in [0.717, 1.165) is 10.7 Å². The number of nitrogens with two attached hydrogens (primary N) is 1. The van der Waals surface area contributed by atoms with E-state index in [9.17, 15) is 13.6 Å². The average molecular weight is 472 g/mol. The maximum absolute atomic E-state index is 13.7. The Morgan fingerprint density at radius 3 is 2.61 bits per heavy atom. The quantitative estimate of drug-likeness (QED) is 0.192. The molecule has 0 fully saturated rings. The Bertz CT molecular complexity index is 1360. The van der Waals surface area contributed by atoms with E-state index in [1.165, 1.54) is 19.2 Å². The maximum atomic E-state index is 13.7. The van der Waals surface area contributed by atoms with Crippen LogP contribution in [0.15, 0.2) is 65.9 Å². The van der Waals surface area contributed by atoms with E-state index in [2.05, 4.69) is 15.2 Å². The Balaban J connectivity index is 1.71. The third-order valence-electron chi connectivity index (χ3n) is 4.68. The number of benzene rings is 2. The molecule has 2 N–H and O–H groups in total. The number of fused-ring (bicyclic) bond motifs is 1. The number of amidine groups is 1. The normalized spacial score (nSPS) is 11.7. The number of carbonyl (C=O) groups is 1. The largest absolute Gasteiger partial charge is 0.496 e. The van der Waals surface area contributed by atoms with Crippen LogP contribution in [0.2, 0.25) is 5.02 Å². The van der Waals surface area contributed by atoms with Crippen molar-refractivity contribution in [3.8, 4) is 17.0 Å². The summed E-state index contributed by atoms with van der Waals surface area (Å²) in [6.07, 6.45) is -1.78. The number of alkyl halides is 2. The number of aromatic nitrogens is 3. The van der Waals surface area contributed by atoms with Crippen molar-refractivity contribution in [3.63, 3.8) is 0 Å². The zero-order chi connectivity index (χ0) is 23.5. The molecular formula is C22H16ClF2N5O3. The minimum Gasteiger partial charge on any atom is -0.496 e. The standard InChI is InChI=1S/C22H16ClF2N5O3/c1-32-18-8-7-13(23)9-14(18)20(26)29-33-22(31)15-11-27-30-17(19(24)25)10-16(28-21(15)30)12-5-3-2-4-6-12/h2-11,19H,1H3,(H2,26,29). The SMILES string of the molecule is COc1ccc(Cl)cc1/C(N)=N/OC(=O)c1cnn2c(C(F)F)cc(-c3ccccc3)nc12. The van der Waals surface area contributed by atoms with Gasteiger partial charge in [-0.05, 0) is 24.3 Å². The zero-order valence-corrected chi connectivity index (χ0v) is 17.8. The van der Waals surface area contributed by atoms with Crippen LogP contribution in [0.25, 0.3) is 16.9 Å². The molecule has 0 bridgehead atoms. The molecule has 4 rings (SSSR count). The Kier molecular flexibility index (Phi) is 6.18. The third kappa shape index (κ3) is 4.46. The van der Waals surface area contributed by atoms with Crippen LogP contribution in [0.3, 0.4) is 0 Å². The van der Waals surface area contributed by atoms with Gasteiger partial charge in [-0.15, -0.1) is 0 Å². The first kappa shape index (κ1) is 22.2. The van der Waals surface area contributed by atoms with Gasteiger partial charge in [0.1, 0.15) is 17.0 Å². The van der Waals surface area contributed by atoms with Crippen molar-refractivity contribution in [2.45, 2.75) is 6.43 Å². The van der Waals surface area contributed by atoms with E-state index in [4.69, 9.17) is 26.9 Å². The Morgan fingerprint density at radius 2 is 1.91 bits per heavy atom. The van der Waals surface area contributed by atoms with Crippen LogP contribution in [-0.4, -0.2) is 33.5 Å². The van der Waals surface area contributed by atoms with Gasteiger partial charge >= 0.3 is 5.97 Å².